The van der Waals surface area contributed by atoms with Crippen LogP contribution in [0.1, 0.15) is 27.9 Å². The van der Waals surface area contributed by atoms with Crippen LogP contribution < -0.4 is 20.5 Å². The highest BCUT2D eigenvalue weighted by atomic mass is 35.5. The monoisotopic (exact) mass is 364 g/mol. The Morgan fingerprint density at radius 3 is 2.40 bits per heavy atom. The summed E-state index contributed by atoms with van der Waals surface area (Å²) < 4.78 is 10.6. The molecule has 2 rings (SSSR count). The molecular weight excluding hydrogens is 340 g/mol. The summed E-state index contributed by atoms with van der Waals surface area (Å²) in [7, 11) is 3.29. The summed E-state index contributed by atoms with van der Waals surface area (Å²) >= 11 is 0. The Balaban J connectivity index is 0.00000312. The molecule has 0 spiro atoms. The fourth-order valence-corrected chi connectivity index (χ4v) is 2.45. The lowest BCUT2D eigenvalue weighted by Gasteiger charge is -2.11. The van der Waals surface area contributed by atoms with Crippen LogP contribution in [0.25, 0.3) is 0 Å². The van der Waals surface area contributed by atoms with Gasteiger partial charge >= 0.3 is 0 Å². The second-order valence-corrected chi connectivity index (χ2v) is 5.44. The number of benzene rings is 2. The molecular formula is C19H25ClN2O3. The number of aryl methyl sites for hydroxylation is 1. The Morgan fingerprint density at radius 1 is 1.08 bits per heavy atom. The largest absolute Gasteiger partial charge is 0.497 e. The average Bonchev–Trinajstić information content (AvgIpc) is 2.64. The number of nitrogens with one attached hydrogen (secondary N) is 1. The van der Waals surface area contributed by atoms with E-state index in [0.29, 0.717) is 18.7 Å². The van der Waals surface area contributed by atoms with E-state index in [9.17, 15) is 4.79 Å². The van der Waals surface area contributed by atoms with Crippen LogP contribution in [-0.2, 0) is 13.0 Å². The smallest absolute Gasteiger partial charge is 0.251 e. The van der Waals surface area contributed by atoms with Gasteiger partial charge in [0.2, 0.25) is 0 Å². The Bertz CT molecular complexity index is 675. The first-order chi connectivity index (χ1) is 11.7. The molecule has 1 amide bonds. The van der Waals surface area contributed by atoms with Gasteiger partial charge in [0.25, 0.3) is 5.91 Å². The van der Waals surface area contributed by atoms with Crippen molar-refractivity contribution < 1.29 is 14.3 Å². The number of nitrogens with two attached hydrogens (primary N) is 1. The molecule has 0 aliphatic carbocycles. The minimum absolute atomic E-state index is 0. The molecule has 0 radical (unpaired) electrons. The molecule has 0 aromatic heterocycles. The van der Waals surface area contributed by atoms with Crippen molar-refractivity contribution in [3.63, 3.8) is 0 Å². The summed E-state index contributed by atoms with van der Waals surface area (Å²) in [4.78, 5) is 12.1. The summed E-state index contributed by atoms with van der Waals surface area (Å²) in [5.74, 6) is 1.56. The molecule has 0 heterocycles. The third-order valence-electron chi connectivity index (χ3n) is 3.85. The fourth-order valence-electron chi connectivity index (χ4n) is 2.45. The molecule has 0 atom stereocenters. The average molecular weight is 365 g/mol. The molecule has 0 unspecified atom stereocenters. The molecule has 0 saturated heterocycles. The molecule has 0 saturated carbocycles. The molecule has 3 N–H and O–H groups in total. The summed E-state index contributed by atoms with van der Waals surface area (Å²) in [6, 6.07) is 13.1. The number of rotatable bonds is 8. The molecule has 5 nitrogen and oxygen atoms in total. The highest BCUT2D eigenvalue weighted by molar-refractivity contribution is 5.94. The molecule has 0 aliphatic rings. The maximum atomic E-state index is 12.1. The van der Waals surface area contributed by atoms with Gasteiger partial charge in [0.05, 0.1) is 14.2 Å². The van der Waals surface area contributed by atoms with Gasteiger partial charge in [-0.3, -0.25) is 4.79 Å². The van der Waals surface area contributed by atoms with Gasteiger partial charge < -0.3 is 20.5 Å². The van der Waals surface area contributed by atoms with Crippen LogP contribution in [-0.4, -0.2) is 26.7 Å². The van der Waals surface area contributed by atoms with Crippen LogP contribution in [0.15, 0.2) is 42.5 Å². The van der Waals surface area contributed by atoms with Crippen LogP contribution in [0, 0.1) is 0 Å². The molecule has 0 fully saturated rings. The molecule has 0 bridgehead atoms. The van der Waals surface area contributed by atoms with Crippen molar-refractivity contribution in [2.24, 2.45) is 5.73 Å². The van der Waals surface area contributed by atoms with E-state index in [1.54, 1.807) is 26.4 Å². The highest BCUT2D eigenvalue weighted by Gasteiger charge is 2.07. The van der Waals surface area contributed by atoms with Gasteiger partial charge in [-0.1, -0.05) is 12.1 Å². The quantitative estimate of drug-likeness (QED) is 0.706. The summed E-state index contributed by atoms with van der Waals surface area (Å²) in [5, 5.41) is 2.93. The third kappa shape index (κ3) is 5.96. The van der Waals surface area contributed by atoms with Crippen LogP contribution in [0.4, 0.5) is 0 Å². The van der Waals surface area contributed by atoms with E-state index in [1.165, 1.54) is 0 Å². The first kappa shape index (κ1) is 20.8. The van der Waals surface area contributed by atoms with E-state index < -0.39 is 0 Å². The maximum Gasteiger partial charge on any atom is 0.251 e. The van der Waals surface area contributed by atoms with E-state index in [1.807, 2.05) is 30.3 Å². The molecule has 25 heavy (non-hydrogen) atoms. The third-order valence-corrected chi connectivity index (χ3v) is 3.85. The Kier molecular flexibility index (Phi) is 8.81. The second kappa shape index (κ2) is 10.6. The number of methoxy groups -OCH3 is 2. The summed E-state index contributed by atoms with van der Waals surface area (Å²) in [5.41, 5.74) is 8.28. The van der Waals surface area contributed by atoms with Crippen molar-refractivity contribution in [3.05, 3.63) is 59.2 Å². The van der Waals surface area contributed by atoms with Gasteiger partial charge in [0.15, 0.2) is 0 Å². The second-order valence-electron chi connectivity index (χ2n) is 5.44. The van der Waals surface area contributed by atoms with Gasteiger partial charge in [-0.2, -0.15) is 0 Å². The number of hydrogen-bond acceptors (Lipinski definition) is 4. The van der Waals surface area contributed by atoms with Crippen LogP contribution >= 0.6 is 12.4 Å². The van der Waals surface area contributed by atoms with Gasteiger partial charge in [-0.25, -0.2) is 0 Å². The summed E-state index contributed by atoms with van der Waals surface area (Å²) in [6.07, 6.45) is 1.61. The van der Waals surface area contributed by atoms with Crippen molar-refractivity contribution >= 4 is 18.3 Å². The predicted molar refractivity (Wildman–Crippen MR) is 102 cm³/mol. The van der Waals surface area contributed by atoms with Gasteiger partial charge in [-0.05, 0) is 54.3 Å². The molecule has 2 aromatic rings. The van der Waals surface area contributed by atoms with Crippen molar-refractivity contribution in [3.8, 4) is 11.5 Å². The SMILES string of the molecule is COc1ccc(OC)c(CCCNC(=O)c2ccc(CN)cc2)c1.Cl. The van der Waals surface area contributed by atoms with E-state index in [4.69, 9.17) is 15.2 Å². The molecule has 136 valence electrons. The van der Waals surface area contributed by atoms with Crippen LogP contribution in [0.3, 0.4) is 0 Å². The van der Waals surface area contributed by atoms with Crippen LogP contribution in [0.2, 0.25) is 0 Å². The number of ether oxygens (including phenoxy) is 2. The normalized spacial score (nSPS) is 9.88. The van der Waals surface area contributed by atoms with Crippen molar-refractivity contribution in [1.29, 1.82) is 0 Å². The lowest BCUT2D eigenvalue weighted by Crippen LogP contribution is -2.24. The van der Waals surface area contributed by atoms with E-state index >= 15 is 0 Å². The van der Waals surface area contributed by atoms with E-state index in [-0.39, 0.29) is 18.3 Å². The number of amides is 1. The van der Waals surface area contributed by atoms with Gasteiger partial charge in [-0.15, -0.1) is 12.4 Å². The highest BCUT2D eigenvalue weighted by Crippen LogP contribution is 2.24. The Labute approximate surface area is 154 Å². The van der Waals surface area contributed by atoms with E-state index in [2.05, 4.69) is 5.32 Å². The first-order valence-electron chi connectivity index (χ1n) is 7.96. The molecule has 6 heteroatoms. The Morgan fingerprint density at radius 2 is 1.80 bits per heavy atom. The Hall–Kier alpha value is -2.24. The molecule has 2 aromatic carbocycles. The predicted octanol–water partition coefficient (Wildman–Crippen LogP) is 2.95. The number of carbonyl (C=O) groups is 1. The maximum absolute atomic E-state index is 12.1. The van der Waals surface area contributed by atoms with Gasteiger partial charge in [0, 0.05) is 18.7 Å². The zero-order valence-corrected chi connectivity index (χ0v) is 15.4. The van der Waals surface area contributed by atoms with Crippen LogP contribution in [0.5, 0.6) is 11.5 Å². The zero-order chi connectivity index (χ0) is 17.4. The number of hydrogen-bond donors (Lipinski definition) is 2. The lowest BCUT2D eigenvalue weighted by atomic mass is 10.1. The van der Waals surface area contributed by atoms with Gasteiger partial charge in [0.1, 0.15) is 11.5 Å². The van der Waals surface area contributed by atoms with Crippen molar-refractivity contribution in [1.82, 2.24) is 5.32 Å². The van der Waals surface area contributed by atoms with Crippen molar-refractivity contribution in [2.75, 3.05) is 20.8 Å². The van der Waals surface area contributed by atoms with E-state index in [0.717, 1.165) is 35.5 Å². The molecule has 0 aliphatic heterocycles. The number of halogens is 1. The minimum atomic E-state index is -0.0730. The lowest BCUT2D eigenvalue weighted by molar-refractivity contribution is 0.0953. The zero-order valence-electron chi connectivity index (χ0n) is 14.6. The standard InChI is InChI=1S/C19H24N2O3.ClH/c1-23-17-9-10-18(24-2)16(12-17)4-3-11-21-19(22)15-7-5-14(13-20)6-8-15;/h5-10,12H,3-4,11,13,20H2,1-2H3,(H,21,22);1H. The fraction of sp³-hybridized carbons (Fsp3) is 0.316. The summed E-state index contributed by atoms with van der Waals surface area (Å²) in [6.45, 7) is 1.07. The first-order valence-corrected chi connectivity index (χ1v) is 7.96. The topological polar surface area (TPSA) is 73.6 Å². The minimum Gasteiger partial charge on any atom is -0.497 e. The van der Waals surface area contributed by atoms with Crippen molar-refractivity contribution in [2.45, 2.75) is 19.4 Å². The number of carbonyl (C=O) groups excluding carboxylic acids is 1.